The number of rotatable bonds is 9. The normalized spacial score (nSPS) is 11.5. The minimum absolute atomic E-state index is 0.167. The molecule has 1 atom stereocenters. The van der Waals surface area contributed by atoms with E-state index in [9.17, 15) is 9.59 Å². The van der Waals surface area contributed by atoms with Gasteiger partial charge in [-0.05, 0) is 35.4 Å². The lowest BCUT2D eigenvalue weighted by molar-refractivity contribution is -0.139. The summed E-state index contributed by atoms with van der Waals surface area (Å²) < 4.78 is 10.5. The number of methoxy groups -OCH3 is 1. The summed E-state index contributed by atoms with van der Waals surface area (Å²) >= 11 is 0. The highest BCUT2D eigenvalue weighted by molar-refractivity contribution is 5.87. The summed E-state index contributed by atoms with van der Waals surface area (Å²) in [5.41, 5.74) is 1.90. The van der Waals surface area contributed by atoms with Crippen LogP contribution in [-0.2, 0) is 29.1 Å². The highest BCUT2D eigenvalue weighted by Gasteiger charge is 2.28. The predicted molar refractivity (Wildman–Crippen MR) is 114 cm³/mol. The molecule has 0 radical (unpaired) electrons. The van der Waals surface area contributed by atoms with Crippen molar-refractivity contribution in [3.8, 4) is 5.75 Å². The highest BCUT2D eigenvalue weighted by atomic mass is 16.5. The van der Waals surface area contributed by atoms with Gasteiger partial charge >= 0.3 is 0 Å². The summed E-state index contributed by atoms with van der Waals surface area (Å²) in [5.74, 6) is 1.01. The van der Waals surface area contributed by atoms with E-state index in [2.05, 4.69) is 5.32 Å². The van der Waals surface area contributed by atoms with Crippen LogP contribution in [0.1, 0.15) is 23.8 Å². The zero-order chi connectivity index (χ0) is 21.3. The van der Waals surface area contributed by atoms with Crippen LogP contribution in [0.4, 0.5) is 0 Å². The van der Waals surface area contributed by atoms with Crippen LogP contribution in [0.5, 0.6) is 5.75 Å². The lowest BCUT2D eigenvalue weighted by atomic mass is 10.0. The molecule has 0 aliphatic heterocycles. The Morgan fingerprint density at radius 3 is 2.33 bits per heavy atom. The van der Waals surface area contributed by atoms with E-state index < -0.39 is 6.04 Å². The van der Waals surface area contributed by atoms with Crippen molar-refractivity contribution in [1.29, 1.82) is 0 Å². The SMILES string of the molecule is COc1ccc(CN(C(C)=O)[C@@H](Cc2ccccc2)C(=O)NCc2ccco2)cc1. The Balaban J connectivity index is 1.81. The minimum Gasteiger partial charge on any atom is -0.497 e. The summed E-state index contributed by atoms with van der Waals surface area (Å²) in [6, 6.07) is 20.1. The molecule has 0 fully saturated rings. The van der Waals surface area contributed by atoms with Crippen molar-refractivity contribution in [2.45, 2.75) is 32.5 Å². The van der Waals surface area contributed by atoms with Gasteiger partial charge in [0.05, 0.1) is 19.9 Å². The fraction of sp³-hybridized carbons (Fsp3) is 0.250. The van der Waals surface area contributed by atoms with Gasteiger partial charge in [0.15, 0.2) is 0 Å². The Labute approximate surface area is 176 Å². The van der Waals surface area contributed by atoms with Crippen LogP contribution < -0.4 is 10.1 Å². The molecule has 0 bridgehead atoms. The van der Waals surface area contributed by atoms with Gasteiger partial charge in [-0.25, -0.2) is 0 Å². The van der Waals surface area contributed by atoms with Crippen molar-refractivity contribution in [3.63, 3.8) is 0 Å². The van der Waals surface area contributed by atoms with E-state index in [-0.39, 0.29) is 18.4 Å². The first-order valence-corrected chi connectivity index (χ1v) is 9.81. The molecular weight excluding hydrogens is 380 g/mol. The first-order valence-electron chi connectivity index (χ1n) is 9.81. The van der Waals surface area contributed by atoms with Crippen LogP contribution in [0.15, 0.2) is 77.4 Å². The number of amides is 2. The molecule has 0 unspecified atom stereocenters. The average molecular weight is 406 g/mol. The molecular formula is C24H26N2O4. The average Bonchev–Trinajstić information content (AvgIpc) is 3.29. The summed E-state index contributed by atoms with van der Waals surface area (Å²) in [4.78, 5) is 27.3. The number of furan rings is 1. The maximum atomic E-state index is 13.1. The van der Waals surface area contributed by atoms with Crippen LogP contribution in [0, 0.1) is 0 Å². The second-order valence-corrected chi connectivity index (χ2v) is 7.00. The third-order valence-electron chi connectivity index (χ3n) is 4.88. The molecule has 1 N–H and O–H groups in total. The molecule has 1 aromatic heterocycles. The first-order chi connectivity index (χ1) is 14.6. The molecule has 0 saturated carbocycles. The van der Waals surface area contributed by atoms with Crippen LogP contribution >= 0.6 is 0 Å². The predicted octanol–water partition coefficient (Wildman–Crippen LogP) is 3.56. The van der Waals surface area contributed by atoms with Gasteiger partial charge in [-0.2, -0.15) is 0 Å². The lowest BCUT2D eigenvalue weighted by Crippen LogP contribution is -2.49. The number of carbonyl (C=O) groups excluding carboxylic acids is 2. The first kappa shape index (κ1) is 21.2. The number of benzene rings is 2. The molecule has 0 spiro atoms. The zero-order valence-corrected chi connectivity index (χ0v) is 17.2. The Morgan fingerprint density at radius 1 is 1.00 bits per heavy atom. The molecule has 3 aromatic rings. The van der Waals surface area contributed by atoms with Gasteiger partial charge < -0.3 is 19.4 Å². The molecule has 0 saturated heterocycles. The van der Waals surface area contributed by atoms with Crippen molar-refractivity contribution in [2.75, 3.05) is 7.11 Å². The van der Waals surface area contributed by atoms with Gasteiger partial charge in [-0.1, -0.05) is 42.5 Å². The quantitative estimate of drug-likeness (QED) is 0.590. The molecule has 2 aromatic carbocycles. The Bertz CT molecular complexity index is 937. The lowest BCUT2D eigenvalue weighted by Gasteiger charge is -2.30. The maximum Gasteiger partial charge on any atom is 0.243 e. The van der Waals surface area contributed by atoms with Gasteiger partial charge in [0.2, 0.25) is 11.8 Å². The van der Waals surface area contributed by atoms with Gasteiger partial charge in [-0.3, -0.25) is 9.59 Å². The fourth-order valence-corrected chi connectivity index (χ4v) is 3.26. The van der Waals surface area contributed by atoms with E-state index in [1.165, 1.54) is 6.92 Å². The molecule has 6 nitrogen and oxygen atoms in total. The standard InChI is InChI=1S/C24H26N2O4/c1-18(27)26(17-20-10-12-21(29-2)13-11-20)23(15-19-7-4-3-5-8-19)24(28)25-16-22-9-6-14-30-22/h3-14,23H,15-17H2,1-2H3,(H,25,28)/t23-/m0/s1. The minimum atomic E-state index is -0.651. The molecule has 0 aliphatic carbocycles. The molecule has 2 amide bonds. The summed E-state index contributed by atoms with van der Waals surface area (Å²) in [7, 11) is 1.61. The summed E-state index contributed by atoms with van der Waals surface area (Å²) in [6.45, 7) is 2.08. The monoisotopic (exact) mass is 406 g/mol. The maximum absolute atomic E-state index is 13.1. The smallest absolute Gasteiger partial charge is 0.243 e. The molecule has 30 heavy (non-hydrogen) atoms. The highest BCUT2D eigenvalue weighted by Crippen LogP contribution is 2.17. The van der Waals surface area contributed by atoms with Gasteiger partial charge in [0, 0.05) is 19.9 Å². The third-order valence-corrected chi connectivity index (χ3v) is 4.88. The third kappa shape index (κ3) is 5.73. The number of carbonyl (C=O) groups is 2. The van der Waals surface area contributed by atoms with Crippen LogP contribution in [-0.4, -0.2) is 29.9 Å². The van der Waals surface area contributed by atoms with E-state index in [0.29, 0.717) is 18.7 Å². The molecule has 0 aliphatic rings. The molecule has 3 rings (SSSR count). The van der Waals surface area contributed by atoms with Crippen molar-refractivity contribution in [2.24, 2.45) is 0 Å². The van der Waals surface area contributed by atoms with E-state index in [4.69, 9.17) is 9.15 Å². The largest absolute Gasteiger partial charge is 0.497 e. The summed E-state index contributed by atoms with van der Waals surface area (Å²) in [6.07, 6.45) is 1.98. The number of hydrogen-bond donors (Lipinski definition) is 1. The van der Waals surface area contributed by atoms with Crippen molar-refractivity contribution in [3.05, 3.63) is 89.9 Å². The fourth-order valence-electron chi connectivity index (χ4n) is 3.26. The number of ether oxygens (including phenoxy) is 1. The van der Waals surface area contributed by atoms with Gasteiger partial charge in [0.25, 0.3) is 0 Å². The number of nitrogens with zero attached hydrogens (tertiary/aromatic N) is 1. The van der Waals surface area contributed by atoms with Crippen LogP contribution in [0.3, 0.4) is 0 Å². The van der Waals surface area contributed by atoms with Crippen LogP contribution in [0.25, 0.3) is 0 Å². The van der Waals surface area contributed by atoms with Gasteiger partial charge in [-0.15, -0.1) is 0 Å². The number of hydrogen-bond acceptors (Lipinski definition) is 4. The molecule has 6 heteroatoms. The van der Waals surface area contributed by atoms with E-state index in [1.54, 1.807) is 30.4 Å². The van der Waals surface area contributed by atoms with Crippen molar-refractivity contribution < 1.29 is 18.7 Å². The molecule has 1 heterocycles. The second kappa shape index (κ2) is 10.3. The van der Waals surface area contributed by atoms with Gasteiger partial charge in [0.1, 0.15) is 17.6 Å². The number of nitrogens with one attached hydrogen (secondary N) is 1. The second-order valence-electron chi connectivity index (χ2n) is 7.00. The van der Waals surface area contributed by atoms with E-state index in [0.717, 1.165) is 16.9 Å². The van der Waals surface area contributed by atoms with E-state index >= 15 is 0 Å². The summed E-state index contributed by atoms with van der Waals surface area (Å²) in [5, 5.41) is 2.90. The zero-order valence-electron chi connectivity index (χ0n) is 17.2. The van der Waals surface area contributed by atoms with Crippen LogP contribution in [0.2, 0.25) is 0 Å². The van der Waals surface area contributed by atoms with Crippen molar-refractivity contribution in [1.82, 2.24) is 10.2 Å². The van der Waals surface area contributed by atoms with Crippen molar-refractivity contribution >= 4 is 11.8 Å². The van der Waals surface area contributed by atoms with E-state index in [1.807, 2.05) is 54.6 Å². The topological polar surface area (TPSA) is 71.8 Å². The Morgan fingerprint density at radius 2 is 1.73 bits per heavy atom. The Hall–Kier alpha value is -3.54. The molecule has 156 valence electrons. The Kier molecular flexibility index (Phi) is 7.27.